The molecule has 1 N–H and O–H groups in total. The second-order valence-electron chi connectivity index (χ2n) is 6.78. The van der Waals surface area contributed by atoms with Gasteiger partial charge in [0.15, 0.2) is 0 Å². The van der Waals surface area contributed by atoms with Crippen LogP contribution in [0.15, 0.2) is 49.1 Å². The maximum atomic E-state index is 10.8. The zero-order valence-corrected chi connectivity index (χ0v) is 13.8. The summed E-state index contributed by atoms with van der Waals surface area (Å²) in [5.41, 5.74) is 0.834. The van der Waals surface area contributed by atoms with Gasteiger partial charge in [-0.25, -0.2) is 4.98 Å². The summed E-state index contributed by atoms with van der Waals surface area (Å²) in [6, 6.07) is 10.6. The van der Waals surface area contributed by atoms with E-state index < -0.39 is 5.60 Å². The van der Waals surface area contributed by atoms with Gasteiger partial charge in [-0.1, -0.05) is 43.2 Å². The molecule has 1 aliphatic carbocycles. The van der Waals surface area contributed by atoms with Crippen LogP contribution in [0.5, 0.6) is 0 Å². The molecule has 1 heterocycles. The summed E-state index contributed by atoms with van der Waals surface area (Å²) in [6.45, 7) is 3.66. The van der Waals surface area contributed by atoms with Gasteiger partial charge >= 0.3 is 0 Å². The van der Waals surface area contributed by atoms with E-state index in [-0.39, 0.29) is 0 Å². The Labute approximate surface area is 138 Å². The highest BCUT2D eigenvalue weighted by molar-refractivity contribution is 5.14. The van der Waals surface area contributed by atoms with E-state index in [2.05, 4.69) is 44.8 Å². The van der Waals surface area contributed by atoms with Gasteiger partial charge in [0.05, 0.1) is 11.9 Å². The molecule has 0 radical (unpaired) electrons. The van der Waals surface area contributed by atoms with Crippen LogP contribution >= 0.6 is 0 Å². The molecule has 0 unspecified atom stereocenters. The van der Waals surface area contributed by atoms with Crippen LogP contribution in [0, 0.1) is 0 Å². The third-order valence-corrected chi connectivity index (χ3v) is 4.75. The Balaban J connectivity index is 1.58. The number of benzene rings is 1. The van der Waals surface area contributed by atoms with E-state index in [1.807, 2.05) is 18.7 Å². The van der Waals surface area contributed by atoms with E-state index in [0.29, 0.717) is 0 Å². The second-order valence-corrected chi connectivity index (χ2v) is 6.78. The number of hydrogen-bond donors (Lipinski definition) is 1. The summed E-state index contributed by atoms with van der Waals surface area (Å²) in [4.78, 5) is 6.51. The number of rotatable bonds is 8. The summed E-state index contributed by atoms with van der Waals surface area (Å²) in [6.07, 6.45) is 11.0. The molecule has 0 bridgehead atoms. The Morgan fingerprint density at radius 3 is 2.65 bits per heavy atom. The van der Waals surface area contributed by atoms with Gasteiger partial charge in [-0.15, -0.1) is 0 Å². The predicted octanol–water partition coefficient (Wildman–Crippen LogP) is 3.08. The highest BCUT2D eigenvalue weighted by atomic mass is 16.3. The van der Waals surface area contributed by atoms with E-state index in [9.17, 15) is 5.11 Å². The topological polar surface area (TPSA) is 41.3 Å². The Hall–Kier alpha value is -1.65. The van der Waals surface area contributed by atoms with Crippen LogP contribution in [0.1, 0.15) is 37.7 Å². The lowest BCUT2D eigenvalue weighted by Crippen LogP contribution is -2.41. The molecule has 0 saturated heterocycles. The average Bonchev–Trinajstić information content (AvgIpc) is 3.20. The minimum atomic E-state index is -0.482. The maximum Gasteiger partial charge on any atom is 0.0945 e. The fraction of sp³-hybridized carbons (Fsp3) is 0.526. The van der Waals surface area contributed by atoms with E-state index in [0.717, 1.165) is 58.3 Å². The van der Waals surface area contributed by atoms with Crippen LogP contribution in [-0.2, 0) is 13.1 Å². The Morgan fingerprint density at radius 2 is 1.96 bits per heavy atom. The lowest BCUT2D eigenvalue weighted by Gasteiger charge is -2.31. The lowest BCUT2D eigenvalue weighted by molar-refractivity contribution is 0.00641. The van der Waals surface area contributed by atoms with Crippen molar-refractivity contribution in [3.05, 3.63) is 54.6 Å². The number of aliphatic hydroxyl groups is 1. The molecule has 2 aromatic rings. The first-order valence-corrected chi connectivity index (χ1v) is 8.68. The number of imidazole rings is 1. The van der Waals surface area contributed by atoms with Gasteiger partial charge in [0.2, 0.25) is 0 Å². The molecule has 4 nitrogen and oxygen atoms in total. The van der Waals surface area contributed by atoms with Crippen molar-refractivity contribution < 1.29 is 5.11 Å². The highest BCUT2D eigenvalue weighted by Gasteiger charge is 2.32. The smallest absolute Gasteiger partial charge is 0.0945 e. The van der Waals surface area contributed by atoms with Crippen LogP contribution < -0.4 is 0 Å². The van der Waals surface area contributed by atoms with Gasteiger partial charge in [-0.05, 0) is 24.8 Å². The van der Waals surface area contributed by atoms with E-state index in [1.165, 1.54) is 5.56 Å². The molecule has 0 atom stereocenters. The summed E-state index contributed by atoms with van der Waals surface area (Å²) in [5, 5.41) is 10.8. The molecule has 0 spiro atoms. The van der Waals surface area contributed by atoms with Crippen molar-refractivity contribution >= 4 is 0 Å². The van der Waals surface area contributed by atoms with Gasteiger partial charge in [0.1, 0.15) is 0 Å². The zero-order chi connectivity index (χ0) is 16.0. The predicted molar refractivity (Wildman–Crippen MR) is 92.0 cm³/mol. The van der Waals surface area contributed by atoms with E-state index >= 15 is 0 Å². The van der Waals surface area contributed by atoms with Crippen LogP contribution in [0.2, 0.25) is 0 Å². The molecule has 1 saturated carbocycles. The average molecular weight is 313 g/mol. The van der Waals surface area contributed by atoms with Gasteiger partial charge in [0, 0.05) is 38.6 Å². The van der Waals surface area contributed by atoms with E-state index in [1.54, 1.807) is 0 Å². The fourth-order valence-corrected chi connectivity index (χ4v) is 3.56. The monoisotopic (exact) mass is 313 g/mol. The minimum absolute atomic E-state index is 0.482. The maximum absolute atomic E-state index is 10.8. The van der Waals surface area contributed by atoms with Crippen molar-refractivity contribution in [1.82, 2.24) is 14.5 Å². The Kier molecular flexibility index (Phi) is 5.47. The minimum Gasteiger partial charge on any atom is -0.389 e. The fourth-order valence-electron chi connectivity index (χ4n) is 3.56. The van der Waals surface area contributed by atoms with Crippen LogP contribution in [0.25, 0.3) is 0 Å². The summed E-state index contributed by atoms with van der Waals surface area (Å²) >= 11 is 0. The largest absolute Gasteiger partial charge is 0.389 e. The molecule has 1 fully saturated rings. The molecule has 0 amide bonds. The van der Waals surface area contributed by atoms with Gasteiger partial charge in [-0.2, -0.15) is 0 Å². The molecular formula is C19H27N3O. The van der Waals surface area contributed by atoms with Crippen LogP contribution in [0.4, 0.5) is 0 Å². The number of aromatic nitrogens is 2. The Bertz CT molecular complexity index is 562. The van der Waals surface area contributed by atoms with E-state index in [4.69, 9.17) is 0 Å². The first kappa shape index (κ1) is 16.2. The molecule has 4 heteroatoms. The lowest BCUT2D eigenvalue weighted by atomic mass is 10.0. The normalized spacial score (nSPS) is 17.0. The second kappa shape index (κ2) is 7.75. The standard InChI is InChI=1S/C19H27N3O/c23-19(9-4-5-10-19)16-22(15-18-7-2-1-3-8-18)13-6-12-21-14-11-20-17-21/h1-3,7-8,11,14,17,23H,4-6,9-10,12-13,15-16H2. The quantitative estimate of drug-likeness (QED) is 0.814. The SMILES string of the molecule is OC1(CN(CCCn2ccnc2)Cc2ccccc2)CCCC1. The molecule has 0 aliphatic heterocycles. The third kappa shape index (κ3) is 4.91. The Morgan fingerprint density at radius 1 is 1.17 bits per heavy atom. The van der Waals surface area contributed by atoms with Crippen molar-refractivity contribution in [2.24, 2.45) is 0 Å². The first-order valence-electron chi connectivity index (χ1n) is 8.68. The first-order chi connectivity index (χ1) is 11.2. The van der Waals surface area contributed by atoms with Crippen LogP contribution in [0.3, 0.4) is 0 Å². The number of aryl methyl sites for hydroxylation is 1. The highest BCUT2D eigenvalue weighted by Crippen LogP contribution is 2.30. The van der Waals surface area contributed by atoms with Crippen molar-refractivity contribution in [2.45, 2.75) is 50.8 Å². The summed E-state index contributed by atoms with van der Waals surface area (Å²) < 4.78 is 2.12. The molecule has 23 heavy (non-hydrogen) atoms. The third-order valence-electron chi connectivity index (χ3n) is 4.75. The molecular weight excluding hydrogens is 286 g/mol. The molecule has 3 rings (SSSR count). The van der Waals surface area contributed by atoms with Gasteiger partial charge in [-0.3, -0.25) is 4.90 Å². The molecule has 1 aromatic carbocycles. The van der Waals surface area contributed by atoms with Crippen molar-refractivity contribution in [1.29, 1.82) is 0 Å². The summed E-state index contributed by atoms with van der Waals surface area (Å²) in [7, 11) is 0. The zero-order valence-electron chi connectivity index (χ0n) is 13.8. The van der Waals surface area contributed by atoms with Gasteiger partial charge in [0.25, 0.3) is 0 Å². The molecule has 124 valence electrons. The van der Waals surface area contributed by atoms with Crippen molar-refractivity contribution in [3.8, 4) is 0 Å². The van der Waals surface area contributed by atoms with Crippen molar-refractivity contribution in [2.75, 3.05) is 13.1 Å². The number of hydrogen-bond acceptors (Lipinski definition) is 3. The van der Waals surface area contributed by atoms with Crippen molar-refractivity contribution in [3.63, 3.8) is 0 Å². The van der Waals surface area contributed by atoms with Gasteiger partial charge < -0.3 is 9.67 Å². The molecule has 1 aliphatic rings. The molecule has 1 aromatic heterocycles. The van der Waals surface area contributed by atoms with Crippen LogP contribution in [-0.4, -0.2) is 38.2 Å². The summed E-state index contributed by atoms with van der Waals surface area (Å²) in [5.74, 6) is 0. The number of nitrogens with zero attached hydrogens (tertiary/aromatic N) is 3.